The fraction of sp³-hybridized carbons (Fsp3) is 0.857. The topological polar surface area (TPSA) is 69.6 Å². The number of nitrogens with one attached hydrogen (secondary N) is 1. The normalized spacial score (nSPS) is 18.0. The average molecular weight is 270 g/mol. The number of piperidine rings is 1. The van der Waals surface area contributed by atoms with Crippen molar-refractivity contribution in [2.75, 3.05) is 26.2 Å². The molecule has 0 bridgehead atoms. The molecular weight excluding hydrogens is 244 g/mol. The summed E-state index contributed by atoms with van der Waals surface area (Å²) < 4.78 is 0. The van der Waals surface area contributed by atoms with Gasteiger partial charge in [-0.05, 0) is 39.3 Å². The Morgan fingerprint density at radius 1 is 1.26 bits per heavy atom. The van der Waals surface area contributed by atoms with Gasteiger partial charge in [0.15, 0.2) is 0 Å². The number of carbonyl (C=O) groups excluding carboxylic acids is 1. The number of rotatable bonds is 7. The van der Waals surface area contributed by atoms with E-state index in [2.05, 4.69) is 12.2 Å². The zero-order valence-electron chi connectivity index (χ0n) is 12.1. The molecule has 0 aromatic heterocycles. The molecule has 2 N–H and O–H groups in total. The van der Waals surface area contributed by atoms with Gasteiger partial charge in [-0.3, -0.25) is 9.59 Å². The summed E-state index contributed by atoms with van der Waals surface area (Å²) in [6.07, 6.45) is 3.64. The molecule has 0 aromatic rings. The summed E-state index contributed by atoms with van der Waals surface area (Å²) in [6, 6.07) is 0. The zero-order valence-corrected chi connectivity index (χ0v) is 12.1. The van der Waals surface area contributed by atoms with E-state index in [4.69, 9.17) is 5.11 Å². The van der Waals surface area contributed by atoms with Crippen molar-refractivity contribution >= 4 is 11.9 Å². The Kier molecular flexibility index (Phi) is 6.28. The fourth-order valence-electron chi connectivity index (χ4n) is 2.92. The third kappa shape index (κ3) is 4.20. The maximum Gasteiger partial charge on any atom is 0.305 e. The Balaban J connectivity index is 2.75. The zero-order chi connectivity index (χ0) is 14.3. The molecular formula is C14H26N2O3. The van der Waals surface area contributed by atoms with Crippen molar-refractivity contribution < 1.29 is 14.7 Å². The van der Waals surface area contributed by atoms with Crippen LogP contribution in [0.5, 0.6) is 0 Å². The number of carboxylic acid groups (broad SMARTS) is 1. The van der Waals surface area contributed by atoms with Gasteiger partial charge in [0.2, 0.25) is 5.91 Å². The van der Waals surface area contributed by atoms with Crippen molar-refractivity contribution in [2.24, 2.45) is 5.41 Å². The minimum Gasteiger partial charge on any atom is -0.481 e. The number of hydrogen-bond donors (Lipinski definition) is 2. The first-order valence-corrected chi connectivity index (χ1v) is 7.27. The van der Waals surface area contributed by atoms with Crippen LogP contribution in [0.2, 0.25) is 0 Å². The van der Waals surface area contributed by atoms with Gasteiger partial charge < -0.3 is 15.3 Å². The molecule has 1 aliphatic heterocycles. The lowest BCUT2D eigenvalue weighted by Gasteiger charge is -2.39. The predicted octanol–water partition coefficient (Wildman–Crippen LogP) is 1.48. The maximum absolute atomic E-state index is 12.8. The van der Waals surface area contributed by atoms with Crippen LogP contribution in [-0.2, 0) is 9.59 Å². The van der Waals surface area contributed by atoms with Gasteiger partial charge in [-0.15, -0.1) is 0 Å². The third-order valence-electron chi connectivity index (χ3n) is 4.01. The van der Waals surface area contributed by atoms with E-state index >= 15 is 0 Å². The fourth-order valence-corrected chi connectivity index (χ4v) is 2.92. The van der Waals surface area contributed by atoms with E-state index in [-0.39, 0.29) is 17.7 Å². The highest BCUT2D eigenvalue weighted by molar-refractivity contribution is 5.83. The molecule has 0 atom stereocenters. The number of amides is 1. The Labute approximate surface area is 115 Å². The molecule has 1 saturated heterocycles. The molecule has 0 aliphatic carbocycles. The quantitative estimate of drug-likeness (QED) is 0.735. The third-order valence-corrected chi connectivity index (χ3v) is 4.01. The largest absolute Gasteiger partial charge is 0.481 e. The minimum atomic E-state index is -0.846. The van der Waals surface area contributed by atoms with Gasteiger partial charge in [0.05, 0.1) is 11.8 Å². The Morgan fingerprint density at radius 2 is 1.89 bits per heavy atom. The summed E-state index contributed by atoms with van der Waals surface area (Å²) in [5.74, 6) is -0.694. The predicted molar refractivity (Wildman–Crippen MR) is 74.0 cm³/mol. The number of carboxylic acids is 1. The molecule has 1 rings (SSSR count). The first kappa shape index (κ1) is 16.0. The molecule has 1 heterocycles. The summed E-state index contributed by atoms with van der Waals surface area (Å²) in [6.45, 7) is 6.68. The molecule has 1 fully saturated rings. The highest BCUT2D eigenvalue weighted by Gasteiger charge is 2.40. The molecule has 110 valence electrons. The van der Waals surface area contributed by atoms with Gasteiger partial charge in [0.1, 0.15) is 0 Å². The number of hydrogen-bond acceptors (Lipinski definition) is 3. The minimum absolute atomic E-state index is 0.0278. The van der Waals surface area contributed by atoms with Gasteiger partial charge in [0, 0.05) is 13.1 Å². The Bertz CT molecular complexity index is 306. The molecule has 1 amide bonds. The lowest BCUT2D eigenvalue weighted by molar-refractivity contribution is -0.145. The maximum atomic E-state index is 12.8. The summed E-state index contributed by atoms with van der Waals surface area (Å²) in [7, 11) is 0. The molecule has 0 saturated carbocycles. The molecule has 5 nitrogen and oxygen atoms in total. The summed E-state index contributed by atoms with van der Waals surface area (Å²) in [5, 5.41) is 12.1. The van der Waals surface area contributed by atoms with E-state index in [9.17, 15) is 9.59 Å². The second-order valence-corrected chi connectivity index (χ2v) is 5.31. The van der Waals surface area contributed by atoms with Gasteiger partial charge in [0.25, 0.3) is 0 Å². The van der Waals surface area contributed by atoms with E-state index in [0.29, 0.717) is 13.1 Å². The van der Waals surface area contributed by atoms with Gasteiger partial charge >= 0.3 is 5.97 Å². The van der Waals surface area contributed by atoms with Crippen LogP contribution in [0.25, 0.3) is 0 Å². The number of aliphatic carboxylic acids is 1. The molecule has 0 unspecified atom stereocenters. The van der Waals surface area contributed by atoms with Crippen molar-refractivity contribution in [3.05, 3.63) is 0 Å². The van der Waals surface area contributed by atoms with Crippen molar-refractivity contribution in [3.8, 4) is 0 Å². The van der Waals surface area contributed by atoms with E-state index in [0.717, 1.165) is 38.8 Å². The van der Waals surface area contributed by atoms with E-state index < -0.39 is 5.97 Å². The smallest absolute Gasteiger partial charge is 0.305 e. The molecule has 1 aliphatic rings. The Hall–Kier alpha value is -1.10. The van der Waals surface area contributed by atoms with Gasteiger partial charge in [-0.25, -0.2) is 0 Å². The standard InChI is InChI=1S/C14H26N2O3/c1-3-6-14(7-9-15-10-8-14)13(19)16(4-2)11-5-12(17)18/h15H,3-11H2,1-2H3,(H,17,18). The van der Waals surface area contributed by atoms with Crippen LogP contribution >= 0.6 is 0 Å². The highest BCUT2D eigenvalue weighted by atomic mass is 16.4. The molecule has 0 aromatic carbocycles. The summed E-state index contributed by atoms with van der Waals surface area (Å²) >= 11 is 0. The Morgan fingerprint density at radius 3 is 2.37 bits per heavy atom. The van der Waals surface area contributed by atoms with Crippen LogP contribution in [-0.4, -0.2) is 48.1 Å². The first-order valence-electron chi connectivity index (χ1n) is 7.27. The van der Waals surface area contributed by atoms with E-state index in [1.807, 2.05) is 6.92 Å². The summed E-state index contributed by atoms with van der Waals surface area (Å²) in [4.78, 5) is 25.2. The SMILES string of the molecule is CCCC1(C(=O)N(CC)CCC(=O)O)CCNCC1. The number of nitrogens with zero attached hydrogens (tertiary/aromatic N) is 1. The van der Waals surface area contributed by atoms with Crippen molar-refractivity contribution in [1.82, 2.24) is 10.2 Å². The highest BCUT2D eigenvalue weighted by Crippen LogP contribution is 2.36. The summed E-state index contributed by atoms with van der Waals surface area (Å²) in [5.41, 5.74) is -0.269. The second kappa shape index (κ2) is 7.48. The molecule has 5 heteroatoms. The molecule has 19 heavy (non-hydrogen) atoms. The molecule has 0 spiro atoms. The van der Waals surface area contributed by atoms with Crippen LogP contribution in [0.4, 0.5) is 0 Å². The molecule has 0 radical (unpaired) electrons. The lowest BCUT2D eigenvalue weighted by atomic mass is 9.74. The monoisotopic (exact) mass is 270 g/mol. The van der Waals surface area contributed by atoms with Crippen molar-refractivity contribution in [2.45, 2.75) is 46.0 Å². The van der Waals surface area contributed by atoms with Crippen LogP contribution in [0.1, 0.15) is 46.0 Å². The lowest BCUT2D eigenvalue weighted by Crippen LogP contribution is -2.49. The van der Waals surface area contributed by atoms with E-state index in [1.165, 1.54) is 0 Å². The van der Waals surface area contributed by atoms with Crippen molar-refractivity contribution in [3.63, 3.8) is 0 Å². The second-order valence-electron chi connectivity index (χ2n) is 5.31. The van der Waals surface area contributed by atoms with E-state index in [1.54, 1.807) is 4.90 Å². The average Bonchev–Trinajstić information content (AvgIpc) is 2.40. The first-order chi connectivity index (χ1) is 9.05. The van der Waals surface area contributed by atoms with Crippen LogP contribution in [0.15, 0.2) is 0 Å². The van der Waals surface area contributed by atoms with Gasteiger partial charge in [-0.2, -0.15) is 0 Å². The van der Waals surface area contributed by atoms with Crippen LogP contribution < -0.4 is 5.32 Å². The van der Waals surface area contributed by atoms with Gasteiger partial charge in [-0.1, -0.05) is 13.3 Å². The van der Waals surface area contributed by atoms with Crippen molar-refractivity contribution in [1.29, 1.82) is 0 Å². The van der Waals surface area contributed by atoms with Crippen LogP contribution in [0.3, 0.4) is 0 Å². The number of carbonyl (C=O) groups is 2. The van der Waals surface area contributed by atoms with Crippen LogP contribution in [0, 0.1) is 5.41 Å².